The Morgan fingerprint density at radius 3 is 2.39 bits per heavy atom. The van der Waals surface area contributed by atoms with Crippen molar-refractivity contribution in [2.75, 3.05) is 24.7 Å². The molecule has 0 radical (unpaired) electrons. The van der Waals surface area contributed by atoms with Gasteiger partial charge in [-0.25, -0.2) is 8.42 Å². The summed E-state index contributed by atoms with van der Waals surface area (Å²) in [4.78, 5) is 27.6. The zero-order chi connectivity index (χ0) is 20.6. The highest BCUT2D eigenvalue weighted by molar-refractivity contribution is 7.91. The molecule has 1 aliphatic rings. The molecule has 0 saturated carbocycles. The molecule has 0 N–H and O–H groups in total. The maximum Gasteiger partial charge on any atom is 0.254 e. The normalized spacial score (nSPS) is 16.9. The molecule has 0 aliphatic carbocycles. The third kappa shape index (κ3) is 3.55. The Kier molecular flexibility index (Phi) is 5.32. The number of amides is 2. The van der Waals surface area contributed by atoms with E-state index >= 15 is 0 Å². The molecular weight excluding hydrogens is 400 g/mol. The van der Waals surface area contributed by atoms with Crippen molar-refractivity contribution in [3.8, 4) is 0 Å². The van der Waals surface area contributed by atoms with Gasteiger partial charge >= 0.3 is 0 Å². The fourth-order valence-electron chi connectivity index (χ4n) is 3.21. The van der Waals surface area contributed by atoms with Crippen molar-refractivity contribution < 1.29 is 18.0 Å². The summed E-state index contributed by atoms with van der Waals surface area (Å²) in [7, 11) is -0.291. The first-order valence-corrected chi connectivity index (χ1v) is 10.5. The first-order chi connectivity index (χ1) is 13.2. The number of hydrogen-bond acceptors (Lipinski definition) is 4. The number of carbonyl (C=O) groups is 2. The lowest BCUT2D eigenvalue weighted by atomic mass is 10.1. The summed E-state index contributed by atoms with van der Waals surface area (Å²) < 4.78 is 24.8. The van der Waals surface area contributed by atoms with Crippen LogP contribution in [-0.2, 0) is 14.6 Å². The first kappa shape index (κ1) is 20.1. The van der Waals surface area contributed by atoms with Gasteiger partial charge in [-0.2, -0.15) is 0 Å². The number of hydrogen-bond donors (Lipinski definition) is 0. The maximum absolute atomic E-state index is 12.9. The van der Waals surface area contributed by atoms with Gasteiger partial charge in [0.15, 0.2) is 9.84 Å². The van der Waals surface area contributed by atoms with E-state index in [-0.39, 0.29) is 22.5 Å². The molecule has 0 spiro atoms. The van der Waals surface area contributed by atoms with Gasteiger partial charge in [-0.15, -0.1) is 0 Å². The van der Waals surface area contributed by atoms with Gasteiger partial charge in [-0.05, 0) is 54.1 Å². The Bertz CT molecular complexity index is 1060. The molecule has 28 heavy (non-hydrogen) atoms. The van der Waals surface area contributed by atoms with Crippen LogP contribution in [0.4, 0.5) is 5.69 Å². The smallest absolute Gasteiger partial charge is 0.254 e. The van der Waals surface area contributed by atoms with Gasteiger partial charge in [0.25, 0.3) is 5.91 Å². The SMILES string of the molecule is C=CC(=O)N(C)c1ccc(C(=O)N(C)C2CS(=O)(=O)c3ccc(Cl)cc32)cc1. The van der Waals surface area contributed by atoms with Crippen LogP contribution in [0.15, 0.2) is 60.0 Å². The standard InChI is InChI=1S/C20H19ClN2O4S/c1-4-19(24)22(2)15-8-5-13(6-9-15)20(25)23(3)17-12-28(26,27)18-10-7-14(21)11-16(17)18/h4-11,17H,1,12H2,2-3H3. The van der Waals surface area contributed by atoms with Crippen LogP contribution in [-0.4, -0.2) is 45.0 Å². The van der Waals surface area contributed by atoms with E-state index in [1.165, 1.54) is 28.0 Å². The summed E-state index contributed by atoms with van der Waals surface area (Å²) >= 11 is 6.03. The van der Waals surface area contributed by atoms with Gasteiger partial charge in [0, 0.05) is 30.4 Å². The van der Waals surface area contributed by atoms with E-state index in [2.05, 4.69) is 6.58 Å². The Morgan fingerprint density at radius 1 is 1.14 bits per heavy atom. The van der Waals surface area contributed by atoms with Gasteiger partial charge in [0.1, 0.15) is 0 Å². The quantitative estimate of drug-likeness (QED) is 0.715. The number of fused-ring (bicyclic) bond motifs is 1. The van der Waals surface area contributed by atoms with Crippen LogP contribution in [0, 0.1) is 0 Å². The summed E-state index contributed by atoms with van der Waals surface area (Å²) in [6.45, 7) is 3.45. The highest BCUT2D eigenvalue weighted by Gasteiger charge is 2.38. The predicted molar refractivity (Wildman–Crippen MR) is 108 cm³/mol. The maximum atomic E-state index is 12.9. The van der Waals surface area contributed by atoms with Crippen LogP contribution in [0.3, 0.4) is 0 Å². The van der Waals surface area contributed by atoms with Crippen LogP contribution in [0.1, 0.15) is 22.0 Å². The van der Waals surface area contributed by atoms with Crippen LogP contribution in [0.25, 0.3) is 0 Å². The Morgan fingerprint density at radius 2 is 1.79 bits per heavy atom. The number of halogens is 1. The molecule has 0 aromatic heterocycles. The molecule has 3 rings (SSSR count). The van der Waals surface area contributed by atoms with Crippen LogP contribution < -0.4 is 4.90 Å². The molecule has 2 aromatic rings. The summed E-state index contributed by atoms with van der Waals surface area (Å²) in [6.07, 6.45) is 1.20. The van der Waals surface area contributed by atoms with Gasteiger partial charge in [-0.1, -0.05) is 18.2 Å². The molecule has 6 nitrogen and oxygen atoms in total. The molecular formula is C20H19ClN2O4S. The van der Waals surface area contributed by atoms with E-state index < -0.39 is 15.9 Å². The summed E-state index contributed by atoms with van der Waals surface area (Å²) in [5.41, 5.74) is 1.53. The molecule has 8 heteroatoms. The minimum absolute atomic E-state index is 0.181. The summed E-state index contributed by atoms with van der Waals surface area (Å²) in [5, 5.41) is 0.418. The zero-order valence-electron chi connectivity index (χ0n) is 15.4. The lowest BCUT2D eigenvalue weighted by molar-refractivity contribution is -0.113. The Balaban J connectivity index is 1.87. The largest absolute Gasteiger partial charge is 0.334 e. The average Bonchev–Trinajstić information content (AvgIpc) is 2.95. The fourth-order valence-corrected chi connectivity index (χ4v) is 5.22. The van der Waals surface area contributed by atoms with Crippen molar-refractivity contribution >= 4 is 38.9 Å². The second kappa shape index (κ2) is 7.41. The number of benzene rings is 2. The highest BCUT2D eigenvalue weighted by atomic mass is 35.5. The number of rotatable bonds is 4. The molecule has 1 unspecified atom stereocenters. The summed E-state index contributed by atoms with van der Waals surface area (Å²) in [5.74, 6) is -0.766. The van der Waals surface area contributed by atoms with E-state index in [0.29, 0.717) is 21.8 Å². The Labute approximate surface area is 168 Å². The topological polar surface area (TPSA) is 74.8 Å². The first-order valence-electron chi connectivity index (χ1n) is 8.45. The number of likely N-dealkylation sites (N-methyl/N-ethyl adjacent to an activating group) is 1. The van der Waals surface area contributed by atoms with Crippen LogP contribution >= 0.6 is 11.6 Å². The molecule has 0 bridgehead atoms. The average molecular weight is 419 g/mol. The van der Waals surface area contributed by atoms with Gasteiger partial charge in [-0.3, -0.25) is 9.59 Å². The van der Waals surface area contributed by atoms with Crippen LogP contribution in [0.5, 0.6) is 0 Å². The predicted octanol–water partition coefficient (Wildman–Crippen LogP) is 3.09. The minimum Gasteiger partial charge on any atom is -0.334 e. The van der Waals surface area contributed by atoms with E-state index in [1.54, 1.807) is 44.4 Å². The molecule has 2 aromatic carbocycles. The number of carbonyl (C=O) groups excluding carboxylic acids is 2. The van der Waals surface area contributed by atoms with Crippen molar-refractivity contribution in [3.05, 3.63) is 71.3 Å². The van der Waals surface area contributed by atoms with E-state index in [4.69, 9.17) is 11.6 Å². The molecule has 2 amide bonds. The van der Waals surface area contributed by atoms with Gasteiger partial charge in [0.05, 0.1) is 16.7 Å². The third-order valence-corrected chi connectivity index (χ3v) is 6.87. The zero-order valence-corrected chi connectivity index (χ0v) is 17.0. The van der Waals surface area contributed by atoms with Gasteiger partial charge < -0.3 is 9.80 Å². The monoisotopic (exact) mass is 418 g/mol. The number of nitrogens with zero attached hydrogens (tertiary/aromatic N) is 2. The highest BCUT2D eigenvalue weighted by Crippen LogP contribution is 2.38. The van der Waals surface area contributed by atoms with E-state index in [9.17, 15) is 18.0 Å². The lowest BCUT2D eigenvalue weighted by Gasteiger charge is -2.25. The molecule has 0 saturated heterocycles. The summed E-state index contributed by atoms with van der Waals surface area (Å²) in [6, 6.07) is 10.5. The number of sulfone groups is 1. The van der Waals surface area contributed by atoms with E-state index in [0.717, 1.165) is 0 Å². The second-order valence-corrected chi connectivity index (χ2v) is 8.98. The van der Waals surface area contributed by atoms with Crippen molar-refractivity contribution in [3.63, 3.8) is 0 Å². The van der Waals surface area contributed by atoms with Crippen molar-refractivity contribution in [1.82, 2.24) is 4.90 Å². The van der Waals surface area contributed by atoms with E-state index in [1.807, 2.05) is 0 Å². The van der Waals surface area contributed by atoms with Crippen molar-refractivity contribution in [1.29, 1.82) is 0 Å². The van der Waals surface area contributed by atoms with Crippen molar-refractivity contribution in [2.24, 2.45) is 0 Å². The third-order valence-electron chi connectivity index (χ3n) is 4.84. The lowest BCUT2D eigenvalue weighted by Crippen LogP contribution is -2.32. The van der Waals surface area contributed by atoms with Crippen molar-refractivity contribution in [2.45, 2.75) is 10.9 Å². The molecule has 0 fully saturated rings. The Hall–Kier alpha value is -2.64. The van der Waals surface area contributed by atoms with Crippen LogP contribution in [0.2, 0.25) is 5.02 Å². The molecule has 1 aliphatic heterocycles. The second-order valence-electron chi connectivity index (χ2n) is 6.54. The van der Waals surface area contributed by atoms with Gasteiger partial charge in [0.2, 0.25) is 5.91 Å². The fraction of sp³-hybridized carbons (Fsp3) is 0.200. The number of anilines is 1. The minimum atomic E-state index is -3.47. The molecule has 1 heterocycles. The molecule has 146 valence electrons. The molecule has 1 atom stereocenters.